The first-order chi connectivity index (χ1) is 5.55. The molecule has 0 aliphatic carbocycles. The van der Waals surface area contributed by atoms with Crippen molar-refractivity contribution >= 4 is 0 Å². The standard InChI is InChI=1S/C11H22O/c1-6-10(7-2)9-12-11(4,5)8-3/h9H,6-8H2,1-5H3. The zero-order valence-corrected chi connectivity index (χ0v) is 9.11. The van der Waals surface area contributed by atoms with Crippen LogP contribution < -0.4 is 0 Å². The fourth-order valence-corrected chi connectivity index (χ4v) is 0.743. The molecule has 0 radical (unpaired) electrons. The van der Waals surface area contributed by atoms with Gasteiger partial charge in [-0.3, -0.25) is 0 Å². The van der Waals surface area contributed by atoms with Crippen molar-refractivity contribution in [3.05, 3.63) is 11.8 Å². The van der Waals surface area contributed by atoms with Gasteiger partial charge in [-0.25, -0.2) is 0 Å². The number of hydrogen-bond acceptors (Lipinski definition) is 1. The highest BCUT2D eigenvalue weighted by Crippen LogP contribution is 2.16. The first kappa shape index (κ1) is 11.5. The molecule has 0 aliphatic rings. The predicted octanol–water partition coefficient (Wildman–Crippen LogP) is 3.90. The van der Waals surface area contributed by atoms with Gasteiger partial charge in [-0.1, -0.05) is 20.8 Å². The lowest BCUT2D eigenvalue weighted by Gasteiger charge is -2.22. The molecule has 0 bridgehead atoms. The molecule has 0 aromatic heterocycles. The van der Waals surface area contributed by atoms with E-state index in [1.54, 1.807) is 0 Å². The van der Waals surface area contributed by atoms with Gasteiger partial charge in [0, 0.05) is 0 Å². The molecule has 72 valence electrons. The van der Waals surface area contributed by atoms with Gasteiger partial charge in [-0.2, -0.15) is 0 Å². The zero-order chi connectivity index (χ0) is 9.61. The Kier molecular flexibility index (Phi) is 5.03. The first-order valence-electron chi connectivity index (χ1n) is 4.91. The summed E-state index contributed by atoms with van der Waals surface area (Å²) >= 11 is 0. The minimum absolute atomic E-state index is 0.00437. The summed E-state index contributed by atoms with van der Waals surface area (Å²) in [6.45, 7) is 10.7. The molecule has 0 aliphatic heterocycles. The van der Waals surface area contributed by atoms with Crippen LogP contribution in [0.2, 0.25) is 0 Å². The van der Waals surface area contributed by atoms with Crippen LogP contribution in [0.25, 0.3) is 0 Å². The molecule has 1 heteroatoms. The molecule has 0 spiro atoms. The Balaban J connectivity index is 4.00. The summed E-state index contributed by atoms with van der Waals surface area (Å²) in [6, 6.07) is 0. The van der Waals surface area contributed by atoms with E-state index in [4.69, 9.17) is 4.74 Å². The highest BCUT2D eigenvalue weighted by molar-refractivity contribution is 4.96. The Labute approximate surface area is 76.8 Å². The van der Waals surface area contributed by atoms with E-state index in [9.17, 15) is 0 Å². The van der Waals surface area contributed by atoms with Gasteiger partial charge in [0.25, 0.3) is 0 Å². The van der Waals surface area contributed by atoms with E-state index in [-0.39, 0.29) is 5.60 Å². The second kappa shape index (κ2) is 5.23. The molecule has 12 heavy (non-hydrogen) atoms. The molecule has 0 heterocycles. The molecular formula is C11H22O. The van der Waals surface area contributed by atoms with Gasteiger partial charge in [0.15, 0.2) is 0 Å². The molecule has 0 amide bonds. The van der Waals surface area contributed by atoms with Gasteiger partial charge in [0.1, 0.15) is 5.60 Å². The fourth-order valence-electron chi connectivity index (χ4n) is 0.743. The van der Waals surface area contributed by atoms with E-state index in [1.807, 2.05) is 6.26 Å². The van der Waals surface area contributed by atoms with E-state index in [0.717, 1.165) is 19.3 Å². The lowest BCUT2D eigenvalue weighted by Crippen LogP contribution is -2.20. The van der Waals surface area contributed by atoms with Crippen LogP contribution in [0.5, 0.6) is 0 Å². The van der Waals surface area contributed by atoms with Gasteiger partial charge >= 0.3 is 0 Å². The summed E-state index contributed by atoms with van der Waals surface area (Å²) in [5.41, 5.74) is 1.38. The minimum Gasteiger partial charge on any atom is -0.496 e. The third-order valence-electron chi connectivity index (χ3n) is 2.30. The average Bonchev–Trinajstić information content (AvgIpc) is 2.06. The SMILES string of the molecule is CCC(=COC(C)(C)CC)CC. The molecule has 0 saturated carbocycles. The smallest absolute Gasteiger partial charge is 0.102 e. The summed E-state index contributed by atoms with van der Waals surface area (Å²) in [7, 11) is 0. The van der Waals surface area contributed by atoms with Crippen molar-refractivity contribution in [3.63, 3.8) is 0 Å². The zero-order valence-electron chi connectivity index (χ0n) is 9.11. The van der Waals surface area contributed by atoms with Crippen LogP contribution in [0.3, 0.4) is 0 Å². The number of allylic oxidation sites excluding steroid dienone is 1. The normalized spacial score (nSPS) is 11.1. The molecular weight excluding hydrogens is 148 g/mol. The first-order valence-corrected chi connectivity index (χ1v) is 4.91. The molecule has 0 unspecified atom stereocenters. The Bertz CT molecular complexity index is 139. The monoisotopic (exact) mass is 170 g/mol. The highest BCUT2D eigenvalue weighted by atomic mass is 16.5. The van der Waals surface area contributed by atoms with Crippen molar-refractivity contribution in [3.8, 4) is 0 Å². The van der Waals surface area contributed by atoms with Crippen LogP contribution >= 0.6 is 0 Å². The van der Waals surface area contributed by atoms with Gasteiger partial charge in [0.2, 0.25) is 0 Å². The van der Waals surface area contributed by atoms with Gasteiger partial charge in [-0.15, -0.1) is 0 Å². The van der Waals surface area contributed by atoms with Crippen LogP contribution in [0.15, 0.2) is 11.8 Å². The van der Waals surface area contributed by atoms with Crippen LogP contribution in [0.4, 0.5) is 0 Å². The number of rotatable bonds is 5. The summed E-state index contributed by atoms with van der Waals surface area (Å²) in [6.07, 6.45) is 5.17. The maximum absolute atomic E-state index is 5.66. The van der Waals surface area contributed by atoms with Crippen molar-refractivity contribution in [1.82, 2.24) is 0 Å². The summed E-state index contributed by atoms with van der Waals surface area (Å²) < 4.78 is 5.66. The Morgan fingerprint density at radius 2 is 1.67 bits per heavy atom. The molecule has 0 aromatic rings. The molecule has 0 atom stereocenters. The largest absolute Gasteiger partial charge is 0.496 e. The van der Waals surface area contributed by atoms with Crippen molar-refractivity contribution in [2.45, 2.75) is 59.5 Å². The maximum Gasteiger partial charge on any atom is 0.102 e. The molecule has 0 aromatic carbocycles. The third kappa shape index (κ3) is 4.42. The molecule has 1 nitrogen and oxygen atoms in total. The van der Waals surface area contributed by atoms with Crippen molar-refractivity contribution < 1.29 is 4.74 Å². The second-order valence-corrected chi connectivity index (χ2v) is 3.71. The Hall–Kier alpha value is -0.460. The van der Waals surface area contributed by atoms with Crippen LogP contribution in [-0.4, -0.2) is 5.60 Å². The van der Waals surface area contributed by atoms with E-state index < -0.39 is 0 Å². The Morgan fingerprint density at radius 1 is 1.17 bits per heavy atom. The van der Waals surface area contributed by atoms with Gasteiger partial charge in [0.05, 0.1) is 6.26 Å². The van der Waals surface area contributed by atoms with E-state index >= 15 is 0 Å². The quantitative estimate of drug-likeness (QED) is 0.569. The van der Waals surface area contributed by atoms with Crippen molar-refractivity contribution in [2.24, 2.45) is 0 Å². The van der Waals surface area contributed by atoms with Crippen LogP contribution in [0, 0.1) is 0 Å². The van der Waals surface area contributed by atoms with E-state index in [0.29, 0.717) is 0 Å². The third-order valence-corrected chi connectivity index (χ3v) is 2.30. The van der Waals surface area contributed by atoms with Gasteiger partial charge in [-0.05, 0) is 38.7 Å². The van der Waals surface area contributed by atoms with Crippen LogP contribution in [-0.2, 0) is 4.74 Å². The minimum atomic E-state index is -0.00437. The predicted molar refractivity (Wildman–Crippen MR) is 54.1 cm³/mol. The number of hydrogen-bond donors (Lipinski definition) is 0. The molecule has 0 N–H and O–H groups in total. The molecule has 0 fully saturated rings. The highest BCUT2D eigenvalue weighted by Gasteiger charge is 2.13. The van der Waals surface area contributed by atoms with Gasteiger partial charge < -0.3 is 4.74 Å². The lowest BCUT2D eigenvalue weighted by atomic mass is 10.1. The summed E-state index contributed by atoms with van der Waals surface area (Å²) in [5, 5.41) is 0. The van der Waals surface area contributed by atoms with E-state index in [1.165, 1.54) is 5.57 Å². The summed E-state index contributed by atoms with van der Waals surface area (Å²) in [4.78, 5) is 0. The average molecular weight is 170 g/mol. The summed E-state index contributed by atoms with van der Waals surface area (Å²) in [5.74, 6) is 0. The van der Waals surface area contributed by atoms with Crippen LogP contribution in [0.1, 0.15) is 53.9 Å². The molecule has 0 rings (SSSR count). The van der Waals surface area contributed by atoms with E-state index in [2.05, 4.69) is 34.6 Å². The maximum atomic E-state index is 5.66. The van der Waals surface area contributed by atoms with Crippen molar-refractivity contribution in [2.75, 3.05) is 0 Å². The van der Waals surface area contributed by atoms with Crippen molar-refractivity contribution in [1.29, 1.82) is 0 Å². The lowest BCUT2D eigenvalue weighted by molar-refractivity contribution is 0.0522. The number of ether oxygens (including phenoxy) is 1. The fraction of sp³-hybridized carbons (Fsp3) is 0.818. The Morgan fingerprint density at radius 3 is 2.00 bits per heavy atom. The second-order valence-electron chi connectivity index (χ2n) is 3.71. The molecule has 0 saturated heterocycles. The topological polar surface area (TPSA) is 9.23 Å².